The van der Waals surface area contributed by atoms with Crippen molar-refractivity contribution in [1.82, 2.24) is 4.72 Å². The van der Waals surface area contributed by atoms with Gasteiger partial charge in [0.2, 0.25) is 5.91 Å². The van der Waals surface area contributed by atoms with Gasteiger partial charge in [0.05, 0.1) is 25.5 Å². The zero-order chi connectivity index (χ0) is 17.7. The summed E-state index contributed by atoms with van der Waals surface area (Å²) in [5.41, 5.74) is 1.80. The van der Waals surface area contributed by atoms with Crippen LogP contribution in [0.25, 0.3) is 0 Å². The van der Waals surface area contributed by atoms with Gasteiger partial charge in [-0.2, -0.15) is 0 Å². The second-order valence-corrected chi connectivity index (χ2v) is 6.92. The van der Waals surface area contributed by atoms with Crippen molar-refractivity contribution in [3.63, 3.8) is 0 Å². The van der Waals surface area contributed by atoms with Crippen molar-refractivity contribution < 1.29 is 22.7 Å². The number of amides is 1. The van der Waals surface area contributed by atoms with Crippen LogP contribution in [0.4, 0.5) is 0 Å². The fourth-order valence-electron chi connectivity index (χ4n) is 2.07. The first kappa shape index (κ1) is 17.8. The second kappa shape index (κ2) is 7.35. The number of ether oxygens (including phenoxy) is 2. The normalized spacial score (nSPS) is 11.0. The molecule has 0 aliphatic rings. The SMILES string of the molecule is COc1cc(OC)cc(S(=O)(=O)NC(=O)Cc2ccc(C)cc2)c1. The lowest BCUT2D eigenvalue weighted by molar-refractivity contribution is -0.118. The Morgan fingerprint density at radius 1 is 1.00 bits per heavy atom. The van der Waals surface area contributed by atoms with E-state index < -0.39 is 15.9 Å². The van der Waals surface area contributed by atoms with Gasteiger partial charge < -0.3 is 9.47 Å². The van der Waals surface area contributed by atoms with E-state index in [4.69, 9.17) is 9.47 Å². The standard InChI is InChI=1S/C17H19NO5S/c1-12-4-6-13(7-5-12)8-17(19)18-24(20,21)16-10-14(22-2)9-15(11-16)23-3/h4-7,9-11H,8H2,1-3H3,(H,18,19). The number of sulfonamides is 1. The van der Waals surface area contributed by atoms with Gasteiger partial charge in [0.15, 0.2) is 0 Å². The summed E-state index contributed by atoms with van der Waals surface area (Å²) in [5, 5.41) is 0. The van der Waals surface area contributed by atoms with Gasteiger partial charge >= 0.3 is 0 Å². The predicted octanol–water partition coefficient (Wildman–Crippen LogP) is 2.06. The van der Waals surface area contributed by atoms with Crippen molar-refractivity contribution in [3.8, 4) is 11.5 Å². The molecule has 0 fully saturated rings. The number of carbonyl (C=O) groups excluding carboxylic acids is 1. The highest BCUT2D eigenvalue weighted by Gasteiger charge is 2.20. The van der Waals surface area contributed by atoms with Crippen LogP contribution in [-0.2, 0) is 21.2 Å². The summed E-state index contributed by atoms with van der Waals surface area (Å²) in [5.74, 6) is 0.0297. The fraction of sp³-hybridized carbons (Fsp3) is 0.235. The maximum absolute atomic E-state index is 12.4. The Morgan fingerprint density at radius 2 is 1.54 bits per heavy atom. The Kier molecular flexibility index (Phi) is 5.46. The van der Waals surface area contributed by atoms with Crippen LogP contribution < -0.4 is 14.2 Å². The lowest BCUT2D eigenvalue weighted by Gasteiger charge is -2.10. The zero-order valence-corrected chi connectivity index (χ0v) is 14.5. The topological polar surface area (TPSA) is 81.7 Å². The molecule has 0 aliphatic heterocycles. The molecule has 0 saturated carbocycles. The van der Waals surface area contributed by atoms with Gasteiger partial charge in [-0.1, -0.05) is 29.8 Å². The third-order valence-corrected chi connectivity index (χ3v) is 4.72. The quantitative estimate of drug-likeness (QED) is 0.863. The van der Waals surface area contributed by atoms with Gasteiger partial charge in [-0.3, -0.25) is 4.79 Å². The molecule has 1 N–H and O–H groups in total. The molecule has 128 valence electrons. The molecule has 0 saturated heterocycles. The van der Waals surface area contributed by atoms with Gasteiger partial charge in [0, 0.05) is 18.2 Å². The van der Waals surface area contributed by atoms with Gasteiger partial charge in [0.1, 0.15) is 11.5 Å². The highest BCUT2D eigenvalue weighted by molar-refractivity contribution is 7.90. The molecule has 0 atom stereocenters. The first-order valence-electron chi connectivity index (χ1n) is 7.18. The molecular formula is C17H19NO5S. The molecular weight excluding hydrogens is 330 g/mol. The van der Waals surface area contributed by atoms with Gasteiger partial charge in [0.25, 0.3) is 10.0 Å². The average Bonchev–Trinajstić information content (AvgIpc) is 2.55. The highest BCUT2D eigenvalue weighted by atomic mass is 32.2. The smallest absolute Gasteiger partial charge is 0.264 e. The number of carbonyl (C=O) groups is 1. The number of hydrogen-bond acceptors (Lipinski definition) is 5. The maximum atomic E-state index is 12.4. The number of benzene rings is 2. The van der Waals surface area contributed by atoms with E-state index in [1.54, 1.807) is 18.2 Å². The molecule has 2 rings (SSSR count). The van der Waals surface area contributed by atoms with E-state index in [0.717, 1.165) is 11.1 Å². The number of hydrogen-bond donors (Lipinski definition) is 1. The second-order valence-electron chi connectivity index (χ2n) is 5.24. The molecule has 0 heterocycles. The molecule has 7 heteroatoms. The summed E-state index contributed by atoms with van der Waals surface area (Å²) >= 11 is 0. The molecule has 0 unspecified atom stereocenters. The van der Waals surface area contributed by atoms with E-state index in [9.17, 15) is 13.2 Å². The van der Waals surface area contributed by atoms with Gasteiger partial charge in [-0.05, 0) is 12.5 Å². The fourth-order valence-corrected chi connectivity index (χ4v) is 3.11. The Balaban J connectivity index is 2.18. The minimum atomic E-state index is -4.01. The molecule has 2 aromatic rings. The minimum Gasteiger partial charge on any atom is -0.497 e. The number of aryl methyl sites for hydroxylation is 1. The van der Waals surface area contributed by atoms with Gasteiger partial charge in [-0.15, -0.1) is 0 Å². The largest absolute Gasteiger partial charge is 0.497 e. The van der Waals surface area contributed by atoms with Crippen molar-refractivity contribution >= 4 is 15.9 Å². The first-order chi connectivity index (χ1) is 11.3. The molecule has 24 heavy (non-hydrogen) atoms. The Hall–Kier alpha value is -2.54. The lowest BCUT2D eigenvalue weighted by atomic mass is 10.1. The molecule has 0 bridgehead atoms. The van der Waals surface area contributed by atoms with Crippen molar-refractivity contribution in [2.45, 2.75) is 18.2 Å². The Morgan fingerprint density at radius 3 is 2.04 bits per heavy atom. The van der Waals surface area contributed by atoms with E-state index in [2.05, 4.69) is 4.72 Å². The molecule has 1 amide bonds. The maximum Gasteiger partial charge on any atom is 0.264 e. The van der Waals surface area contributed by atoms with Crippen LogP contribution in [0.5, 0.6) is 11.5 Å². The van der Waals surface area contributed by atoms with Crippen molar-refractivity contribution in [2.24, 2.45) is 0 Å². The summed E-state index contributed by atoms with van der Waals surface area (Å²) in [6.45, 7) is 1.94. The molecule has 0 radical (unpaired) electrons. The zero-order valence-electron chi connectivity index (χ0n) is 13.7. The van der Waals surface area contributed by atoms with Crippen molar-refractivity contribution in [2.75, 3.05) is 14.2 Å². The van der Waals surface area contributed by atoms with Crippen LogP contribution in [-0.4, -0.2) is 28.5 Å². The van der Waals surface area contributed by atoms with Crippen LogP contribution in [0.3, 0.4) is 0 Å². The molecule has 0 aliphatic carbocycles. The summed E-state index contributed by atoms with van der Waals surface area (Å²) < 4.78 is 36.9. The predicted molar refractivity (Wildman–Crippen MR) is 89.8 cm³/mol. The molecule has 0 spiro atoms. The molecule has 6 nitrogen and oxygen atoms in total. The summed E-state index contributed by atoms with van der Waals surface area (Å²) in [7, 11) is -1.18. The average molecular weight is 349 g/mol. The van der Waals surface area contributed by atoms with E-state index >= 15 is 0 Å². The molecule has 0 aromatic heterocycles. The first-order valence-corrected chi connectivity index (χ1v) is 8.66. The summed E-state index contributed by atoms with van der Waals surface area (Å²) in [6, 6.07) is 11.5. The monoisotopic (exact) mass is 349 g/mol. The van der Waals surface area contributed by atoms with Crippen LogP contribution in [0.15, 0.2) is 47.4 Å². The summed E-state index contributed by atoms with van der Waals surface area (Å²) in [4.78, 5) is 11.9. The van der Waals surface area contributed by atoms with Crippen LogP contribution >= 0.6 is 0 Å². The number of rotatable bonds is 6. The van der Waals surface area contributed by atoms with Crippen LogP contribution in [0.2, 0.25) is 0 Å². The van der Waals surface area contributed by atoms with E-state index in [1.807, 2.05) is 19.1 Å². The summed E-state index contributed by atoms with van der Waals surface area (Å²) in [6.07, 6.45) is -0.0272. The number of nitrogens with one attached hydrogen (secondary N) is 1. The van der Waals surface area contributed by atoms with E-state index in [0.29, 0.717) is 11.5 Å². The van der Waals surface area contributed by atoms with E-state index in [-0.39, 0.29) is 11.3 Å². The highest BCUT2D eigenvalue weighted by Crippen LogP contribution is 2.25. The lowest BCUT2D eigenvalue weighted by Crippen LogP contribution is -2.31. The van der Waals surface area contributed by atoms with Crippen LogP contribution in [0, 0.1) is 6.92 Å². The van der Waals surface area contributed by atoms with Gasteiger partial charge in [-0.25, -0.2) is 13.1 Å². The third-order valence-electron chi connectivity index (χ3n) is 3.37. The minimum absolute atomic E-state index is 0.0272. The molecule has 2 aromatic carbocycles. The van der Waals surface area contributed by atoms with Crippen molar-refractivity contribution in [1.29, 1.82) is 0 Å². The Bertz CT molecular complexity index is 806. The Labute approximate surface area is 141 Å². The van der Waals surface area contributed by atoms with E-state index in [1.165, 1.54) is 26.4 Å². The third kappa shape index (κ3) is 4.48. The number of methoxy groups -OCH3 is 2. The van der Waals surface area contributed by atoms with Crippen molar-refractivity contribution in [3.05, 3.63) is 53.6 Å². The van der Waals surface area contributed by atoms with Crippen LogP contribution in [0.1, 0.15) is 11.1 Å².